The smallest absolute Gasteiger partial charge is 0.0843 e. The summed E-state index contributed by atoms with van der Waals surface area (Å²) in [5.41, 5.74) is 5.45. The summed E-state index contributed by atoms with van der Waals surface area (Å²) in [4.78, 5) is 0. The first-order valence-corrected chi connectivity index (χ1v) is 6.72. The van der Waals surface area contributed by atoms with Crippen molar-refractivity contribution < 1.29 is 0 Å². The third kappa shape index (κ3) is 1.95. The summed E-state index contributed by atoms with van der Waals surface area (Å²) in [7, 11) is 0. The number of hydrogen-bond acceptors (Lipinski definition) is 0. The largest absolute Gasteiger partial charge is 0.115 e. The van der Waals surface area contributed by atoms with Crippen LogP contribution in [-0.4, -0.2) is 0 Å². The first kappa shape index (κ1) is 12.1. The minimum Gasteiger partial charge on any atom is -0.0843 e. The summed E-state index contributed by atoms with van der Waals surface area (Å²) in [6, 6.07) is 14.0. The molecule has 0 aliphatic heterocycles. The quantitative estimate of drug-likeness (QED) is 0.518. The molecule has 0 N–H and O–H groups in total. The molecule has 0 heterocycles. The van der Waals surface area contributed by atoms with E-state index in [1.54, 1.807) is 0 Å². The maximum atomic E-state index is 6.06. The zero-order valence-corrected chi connectivity index (χ0v) is 11.7. The van der Waals surface area contributed by atoms with Crippen LogP contribution in [0.1, 0.15) is 22.3 Å². The number of fused-ring (bicyclic) bond motifs is 2. The molecule has 0 amide bonds. The molecular formula is C15H9Cl3. The molecule has 0 aromatic heterocycles. The summed E-state index contributed by atoms with van der Waals surface area (Å²) in [5.74, 6) is 0. The lowest BCUT2D eigenvalue weighted by Crippen LogP contribution is -2.06. The summed E-state index contributed by atoms with van der Waals surface area (Å²) in [6.07, 6.45) is 0.858. The molecule has 2 aromatic rings. The molecule has 3 rings (SSSR count). The van der Waals surface area contributed by atoms with Gasteiger partial charge < -0.3 is 0 Å². The Balaban J connectivity index is 2.31. The van der Waals surface area contributed by atoms with Gasteiger partial charge in [0.2, 0.25) is 0 Å². The lowest BCUT2D eigenvalue weighted by molar-refractivity contribution is 1.14. The molecule has 90 valence electrons. The third-order valence-electron chi connectivity index (χ3n) is 3.19. The van der Waals surface area contributed by atoms with E-state index in [9.17, 15) is 0 Å². The minimum absolute atomic E-state index is 0.297. The Morgan fingerprint density at radius 1 is 0.889 bits per heavy atom. The normalized spacial score (nSPS) is 12.9. The Morgan fingerprint density at radius 3 is 2.39 bits per heavy atom. The summed E-state index contributed by atoms with van der Waals surface area (Å²) in [5, 5.41) is 0.734. The van der Waals surface area contributed by atoms with E-state index < -0.39 is 0 Å². The SMILES string of the molecule is ClC(Cl)=C1c2ccccc2Cc2cc(Cl)ccc21. The van der Waals surface area contributed by atoms with E-state index in [1.807, 2.05) is 36.4 Å². The summed E-state index contributed by atoms with van der Waals surface area (Å²) < 4.78 is 0.297. The van der Waals surface area contributed by atoms with Crippen molar-refractivity contribution in [2.75, 3.05) is 0 Å². The summed E-state index contributed by atoms with van der Waals surface area (Å²) in [6.45, 7) is 0. The van der Waals surface area contributed by atoms with Crippen LogP contribution in [0, 0.1) is 0 Å². The second-order valence-electron chi connectivity index (χ2n) is 4.27. The standard InChI is InChI=1S/C15H9Cl3/c16-11-5-6-13-10(8-11)7-9-3-1-2-4-12(9)14(13)15(17)18/h1-6,8H,7H2. The minimum atomic E-state index is 0.297. The van der Waals surface area contributed by atoms with Crippen LogP contribution in [0.3, 0.4) is 0 Å². The van der Waals surface area contributed by atoms with Crippen molar-refractivity contribution in [2.24, 2.45) is 0 Å². The molecule has 1 aliphatic rings. The molecule has 0 bridgehead atoms. The Morgan fingerprint density at radius 2 is 1.61 bits per heavy atom. The fraction of sp³-hybridized carbons (Fsp3) is 0.0667. The van der Waals surface area contributed by atoms with Crippen molar-refractivity contribution in [2.45, 2.75) is 6.42 Å². The molecule has 2 aromatic carbocycles. The number of halogens is 3. The lowest BCUT2D eigenvalue weighted by atomic mass is 9.83. The van der Waals surface area contributed by atoms with E-state index >= 15 is 0 Å². The maximum absolute atomic E-state index is 6.06. The van der Waals surface area contributed by atoms with Crippen LogP contribution in [0.25, 0.3) is 5.57 Å². The van der Waals surface area contributed by atoms with Gasteiger partial charge in [-0.2, -0.15) is 0 Å². The van der Waals surface area contributed by atoms with Crippen molar-refractivity contribution in [1.82, 2.24) is 0 Å². The Bertz CT molecular complexity index is 653. The zero-order valence-electron chi connectivity index (χ0n) is 9.38. The Kier molecular flexibility index (Phi) is 3.11. The molecule has 1 aliphatic carbocycles. The maximum Gasteiger partial charge on any atom is 0.115 e. The third-order valence-corrected chi connectivity index (χ3v) is 3.81. The summed E-state index contributed by atoms with van der Waals surface area (Å²) >= 11 is 18.2. The first-order valence-electron chi connectivity index (χ1n) is 5.59. The van der Waals surface area contributed by atoms with Gasteiger partial charge in [0.05, 0.1) is 0 Å². The highest BCUT2D eigenvalue weighted by molar-refractivity contribution is 6.59. The van der Waals surface area contributed by atoms with E-state index in [1.165, 1.54) is 5.56 Å². The highest BCUT2D eigenvalue weighted by Crippen LogP contribution is 2.40. The van der Waals surface area contributed by atoms with Crippen molar-refractivity contribution in [3.05, 3.63) is 74.2 Å². The molecule has 3 heteroatoms. The fourth-order valence-corrected chi connectivity index (χ4v) is 3.03. The Hall–Kier alpha value is -0.950. The van der Waals surface area contributed by atoms with Gasteiger partial charge in [-0.05, 0) is 40.8 Å². The number of benzene rings is 2. The zero-order chi connectivity index (χ0) is 12.7. The van der Waals surface area contributed by atoms with Gasteiger partial charge >= 0.3 is 0 Å². The topological polar surface area (TPSA) is 0 Å². The predicted octanol–water partition coefficient (Wildman–Crippen LogP) is 5.44. The van der Waals surface area contributed by atoms with E-state index in [4.69, 9.17) is 34.8 Å². The van der Waals surface area contributed by atoms with Crippen LogP contribution in [0.2, 0.25) is 5.02 Å². The van der Waals surface area contributed by atoms with Gasteiger partial charge in [-0.25, -0.2) is 0 Å². The molecule has 18 heavy (non-hydrogen) atoms. The van der Waals surface area contributed by atoms with Crippen LogP contribution in [0.15, 0.2) is 47.0 Å². The van der Waals surface area contributed by atoms with E-state index in [-0.39, 0.29) is 0 Å². The van der Waals surface area contributed by atoms with Crippen molar-refractivity contribution in [1.29, 1.82) is 0 Å². The molecule has 0 unspecified atom stereocenters. The molecule has 0 atom stereocenters. The molecule has 0 fully saturated rings. The molecular weight excluding hydrogens is 287 g/mol. The van der Waals surface area contributed by atoms with Gasteiger partial charge in [0.1, 0.15) is 4.49 Å². The van der Waals surface area contributed by atoms with Crippen molar-refractivity contribution in [3.8, 4) is 0 Å². The van der Waals surface area contributed by atoms with Gasteiger partial charge in [0.25, 0.3) is 0 Å². The van der Waals surface area contributed by atoms with Gasteiger partial charge in [-0.1, -0.05) is 65.1 Å². The fourth-order valence-electron chi connectivity index (χ4n) is 2.42. The van der Waals surface area contributed by atoms with Gasteiger partial charge in [-0.3, -0.25) is 0 Å². The van der Waals surface area contributed by atoms with Crippen LogP contribution in [0.5, 0.6) is 0 Å². The van der Waals surface area contributed by atoms with Gasteiger partial charge in [0, 0.05) is 10.6 Å². The van der Waals surface area contributed by atoms with Crippen LogP contribution in [-0.2, 0) is 6.42 Å². The average Bonchev–Trinajstić information content (AvgIpc) is 2.35. The van der Waals surface area contributed by atoms with Crippen LogP contribution < -0.4 is 0 Å². The van der Waals surface area contributed by atoms with Gasteiger partial charge in [0.15, 0.2) is 0 Å². The molecule has 0 saturated carbocycles. The lowest BCUT2D eigenvalue weighted by Gasteiger charge is -2.22. The molecule has 0 radical (unpaired) electrons. The van der Waals surface area contributed by atoms with E-state index in [2.05, 4.69) is 6.07 Å². The Labute approximate surface area is 121 Å². The number of rotatable bonds is 0. The molecule has 0 saturated heterocycles. The van der Waals surface area contributed by atoms with Crippen LogP contribution in [0.4, 0.5) is 0 Å². The monoisotopic (exact) mass is 294 g/mol. The average molecular weight is 296 g/mol. The number of hydrogen-bond donors (Lipinski definition) is 0. The first-order chi connectivity index (χ1) is 8.66. The second kappa shape index (κ2) is 4.62. The predicted molar refractivity (Wildman–Crippen MR) is 78.4 cm³/mol. The van der Waals surface area contributed by atoms with Crippen molar-refractivity contribution >= 4 is 40.4 Å². The highest BCUT2D eigenvalue weighted by atomic mass is 35.5. The van der Waals surface area contributed by atoms with E-state index in [0.717, 1.165) is 33.7 Å². The van der Waals surface area contributed by atoms with Gasteiger partial charge in [-0.15, -0.1) is 0 Å². The highest BCUT2D eigenvalue weighted by Gasteiger charge is 2.21. The second-order valence-corrected chi connectivity index (χ2v) is 5.66. The van der Waals surface area contributed by atoms with Crippen LogP contribution >= 0.6 is 34.8 Å². The molecule has 0 nitrogen and oxygen atoms in total. The molecule has 0 spiro atoms. The van der Waals surface area contributed by atoms with Crippen molar-refractivity contribution in [3.63, 3.8) is 0 Å². The van der Waals surface area contributed by atoms with E-state index in [0.29, 0.717) is 4.49 Å².